The Labute approximate surface area is 118 Å². The number of morpholine rings is 1. The summed E-state index contributed by atoms with van der Waals surface area (Å²) < 4.78 is 7.01. The van der Waals surface area contributed by atoms with Crippen molar-refractivity contribution < 1.29 is 14.3 Å². The molecule has 18 heavy (non-hydrogen) atoms. The van der Waals surface area contributed by atoms with Crippen molar-refractivity contribution in [2.24, 2.45) is 7.05 Å². The Morgan fingerprint density at radius 1 is 1.44 bits per heavy atom. The molecule has 98 valence electrons. The molecule has 0 spiro atoms. The van der Waals surface area contributed by atoms with Crippen LogP contribution < -0.4 is 0 Å². The van der Waals surface area contributed by atoms with E-state index in [9.17, 15) is 9.59 Å². The van der Waals surface area contributed by atoms with Crippen molar-refractivity contribution in [3.05, 3.63) is 17.5 Å². The van der Waals surface area contributed by atoms with E-state index in [1.54, 1.807) is 11.9 Å². The first-order valence-electron chi connectivity index (χ1n) is 5.63. The number of ether oxygens (including phenoxy) is 1. The molecule has 0 atom stereocenters. The summed E-state index contributed by atoms with van der Waals surface area (Å²) in [5.74, 6) is -0.216. The lowest BCUT2D eigenvalue weighted by Crippen LogP contribution is -2.41. The molecule has 2 rings (SSSR count). The molecule has 1 aromatic rings. The van der Waals surface area contributed by atoms with Crippen molar-refractivity contribution in [3.8, 4) is 0 Å². The van der Waals surface area contributed by atoms with Gasteiger partial charge in [-0.1, -0.05) is 22.6 Å². The maximum Gasteiger partial charge on any atom is 0.257 e. The van der Waals surface area contributed by atoms with E-state index in [0.717, 1.165) is 0 Å². The van der Waals surface area contributed by atoms with E-state index in [2.05, 4.69) is 5.10 Å². The molecule has 0 aliphatic carbocycles. The summed E-state index contributed by atoms with van der Waals surface area (Å²) in [6.45, 7) is 2.21. The standard InChI is InChI=1S/C11H14IN3O3/c1-14-10(9(16)6-12)8(7-13-14)11(17)15-2-4-18-5-3-15/h7H,2-6H2,1H3. The van der Waals surface area contributed by atoms with E-state index in [1.807, 2.05) is 22.6 Å². The number of aromatic nitrogens is 2. The predicted octanol–water partition coefficient (Wildman–Crippen LogP) is 0.510. The Bertz CT molecular complexity index is 466. The maximum atomic E-state index is 12.3. The van der Waals surface area contributed by atoms with E-state index in [0.29, 0.717) is 42.0 Å². The highest BCUT2D eigenvalue weighted by molar-refractivity contribution is 14.1. The number of hydrogen-bond donors (Lipinski definition) is 0. The SMILES string of the molecule is Cn1ncc(C(=O)N2CCOCC2)c1C(=O)CI. The van der Waals surface area contributed by atoms with Crippen LogP contribution in [0.25, 0.3) is 0 Å². The fourth-order valence-corrected chi connectivity index (χ4v) is 2.29. The number of halogens is 1. The van der Waals surface area contributed by atoms with Crippen LogP contribution in [-0.2, 0) is 11.8 Å². The number of hydrogen-bond acceptors (Lipinski definition) is 4. The second-order valence-electron chi connectivity index (χ2n) is 3.99. The number of alkyl halides is 1. The number of amides is 1. The molecule has 0 radical (unpaired) electrons. The van der Waals surface area contributed by atoms with Crippen molar-refractivity contribution in [1.29, 1.82) is 0 Å². The number of aryl methyl sites for hydroxylation is 1. The first-order valence-corrected chi connectivity index (χ1v) is 7.16. The van der Waals surface area contributed by atoms with Crippen molar-refractivity contribution >= 4 is 34.3 Å². The molecule has 7 heteroatoms. The summed E-state index contributed by atoms with van der Waals surface area (Å²) in [5.41, 5.74) is 0.780. The lowest BCUT2D eigenvalue weighted by molar-refractivity contribution is 0.0302. The summed E-state index contributed by atoms with van der Waals surface area (Å²) in [7, 11) is 1.68. The molecule has 1 aromatic heterocycles. The quantitative estimate of drug-likeness (QED) is 0.446. The number of carbonyl (C=O) groups excluding carboxylic acids is 2. The first kappa shape index (κ1) is 13.5. The summed E-state index contributed by atoms with van der Waals surface area (Å²) in [4.78, 5) is 25.9. The molecule has 1 aliphatic heterocycles. The fourth-order valence-electron chi connectivity index (χ4n) is 1.92. The Morgan fingerprint density at radius 3 is 2.72 bits per heavy atom. The molecule has 0 saturated carbocycles. The van der Waals surface area contributed by atoms with E-state index in [1.165, 1.54) is 10.9 Å². The number of Topliss-reactive ketones (excluding diaryl/α,β-unsaturated/α-hetero) is 1. The summed E-state index contributed by atoms with van der Waals surface area (Å²) >= 11 is 1.99. The van der Waals surface area contributed by atoms with Gasteiger partial charge in [0, 0.05) is 20.1 Å². The zero-order valence-corrected chi connectivity index (χ0v) is 12.2. The fraction of sp³-hybridized carbons (Fsp3) is 0.545. The largest absolute Gasteiger partial charge is 0.378 e. The van der Waals surface area contributed by atoms with Gasteiger partial charge in [0.1, 0.15) is 5.69 Å². The molecule has 0 unspecified atom stereocenters. The van der Waals surface area contributed by atoms with Crippen molar-refractivity contribution in [3.63, 3.8) is 0 Å². The number of rotatable bonds is 3. The molecule has 1 aliphatic rings. The lowest BCUT2D eigenvalue weighted by atomic mass is 10.1. The van der Waals surface area contributed by atoms with Gasteiger partial charge in [-0.05, 0) is 0 Å². The van der Waals surface area contributed by atoms with Crippen LogP contribution in [0.5, 0.6) is 0 Å². The Hall–Kier alpha value is -0.960. The molecule has 2 heterocycles. The van der Waals surface area contributed by atoms with Crippen LogP contribution >= 0.6 is 22.6 Å². The van der Waals surface area contributed by atoms with Gasteiger partial charge in [0.25, 0.3) is 5.91 Å². The highest BCUT2D eigenvalue weighted by Gasteiger charge is 2.26. The maximum absolute atomic E-state index is 12.3. The molecule has 1 amide bonds. The summed E-state index contributed by atoms with van der Waals surface area (Å²) in [6.07, 6.45) is 1.47. The average Bonchev–Trinajstić information content (AvgIpc) is 2.80. The molecule has 0 bridgehead atoms. The Kier molecular flexibility index (Phi) is 4.33. The topological polar surface area (TPSA) is 64.4 Å². The predicted molar refractivity (Wildman–Crippen MR) is 73.1 cm³/mol. The van der Waals surface area contributed by atoms with E-state index in [4.69, 9.17) is 4.74 Å². The van der Waals surface area contributed by atoms with Gasteiger partial charge >= 0.3 is 0 Å². The van der Waals surface area contributed by atoms with Crippen molar-refractivity contribution in [1.82, 2.24) is 14.7 Å². The van der Waals surface area contributed by atoms with Gasteiger partial charge in [0.2, 0.25) is 0 Å². The van der Waals surface area contributed by atoms with E-state index < -0.39 is 0 Å². The normalized spacial score (nSPS) is 15.8. The molecule has 1 saturated heterocycles. The van der Waals surface area contributed by atoms with Gasteiger partial charge < -0.3 is 9.64 Å². The van der Waals surface area contributed by atoms with Crippen molar-refractivity contribution in [2.75, 3.05) is 30.7 Å². The molecule has 6 nitrogen and oxygen atoms in total. The van der Waals surface area contributed by atoms with Crippen LogP contribution in [0.3, 0.4) is 0 Å². The third-order valence-corrected chi connectivity index (χ3v) is 3.55. The molecular formula is C11H14IN3O3. The minimum Gasteiger partial charge on any atom is -0.378 e. The van der Waals surface area contributed by atoms with Gasteiger partial charge in [-0.15, -0.1) is 0 Å². The van der Waals surface area contributed by atoms with Crippen LogP contribution in [0, 0.1) is 0 Å². The number of ketones is 1. The summed E-state index contributed by atoms with van der Waals surface area (Å²) in [6, 6.07) is 0. The zero-order chi connectivity index (χ0) is 13.1. The molecular weight excluding hydrogens is 349 g/mol. The zero-order valence-electron chi connectivity index (χ0n) is 10.1. The lowest BCUT2D eigenvalue weighted by Gasteiger charge is -2.26. The monoisotopic (exact) mass is 363 g/mol. The minimum atomic E-state index is -0.139. The average molecular weight is 363 g/mol. The van der Waals surface area contributed by atoms with Gasteiger partial charge in [-0.3, -0.25) is 14.3 Å². The van der Waals surface area contributed by atoms with E-state index in [-0.39, 0.29) is 11.7 Å². The third-order valence-electron chi connectivity index (χ3n) is 2.85. The number of nitrogens with zero attached hydrogens (tertiary/aromatic N) is 3. The van der Waals surface area contributed by atoms with Crippen LogP contribution in [0.4, 0.5) is 0 Å². The van der Waals surface area contributed by atoms with Crippen LogP contribution in [0.15, 0.2) is 6.20 Å². The van der Waals surface area contributed by atoms with Gasteiger partial charge in [0.05, 0.1) is 29.4 Å². The Balaban J connectivity index is 2.27. The van der Waals surface area contributed by atoms with Gasteiger partial charge in [-0.2, -0.15) is 5.10 Å². The number of carbonyl (C=O) groups is 2. The van der Waals surface area contributed by atoms with Crippen molar-refractivity contribution in [2.45, 2.75) is 0 Å². The second-order valence-corrected chi connectivity index (χ2v) is 4.75. The molecule has 0 aromatic carbocycles. The smallest absolute Gasteiger partial charge is 0.257 e. The highest BCUT2D eigenvalue weighted by Crippen LogP contribution is 2.14. The molecule has 0 N–H and O–H groups in total. The van der Waals surface area contributed by atoms with Gasteiger partial charge in [-0.25, -0.2) is 0 Å². The first-order chi connectivity index (χ1) is 8.65. The Morgan fingerprint density at radius 2 is 2.11 bits per heavy atom. The van der Waals surface area contributed by atoms with Gasteiger partial charge in [0.15, 0.2) is 5.78 Å². The van der Waals surface area contributed by atoms with Crippen LogP contribution in [0.2, 0.25) is 0 Å². The molecule has 1 fully saturated rings. The van der Waals surface area contributed by atoms with E-state index >= 15 is 0 Å². The second kappa shape index (κ2) is 5.79. The minimum absolute atomic E-state index is 0.0767. The van der Waals surface area contributed by atoms with Crippen LogP contribution in [-0.4, -0.2) is 57.1 Å². The third kappa shape index (κ3) is 2.56. The summed E-state index contributed by atoms with van der Waals surface area (Å²) in [5, 5.41) is 4.02. The van der Waals surface area contributed by atoms with Crippen LogP contribution in [0.1, 0.15) is 20.8 Å². The highest BCUT2D eigenvalue weighted by atomic mass is 127.